The summed E-state index contributed by atoms with van der Waals surface area (Å²) in [5, 5.41) is 0. The molecular weight excluding hydrogens is 202 g/mol. The highest BCUT2D eigenvalue weighted by Gasteiger charge is 2.19. The zero-order valence-corrected chi connectivity index (χ0v) is 10.2. The van der Waals surface area contributed by atoms with Gasteiger partial charge >= 0.3 is 0 Å². The Balaban J connectivity index is 2.32. The van der Waals surface area contributed by atoms with E-state index in [9.17, 15) is 0 Å². The molecule has 1 aliphatic heterocycles. The Morgan fingerprint density at radius 2 is 2.06 bits per heavy atom. The minimum atomic E-state index is 0.186. The third kappa shape index (κ3) is 2.50. The predicted octanol–water partition coefficient (Wildman–Crippen LogP) is 1.72. The van der Waals surface area contributed by atoms with E-state index in [2.05, 4.69) is 30.7 Å². The SMILES string of the molecule is CC(C)(C)Cc1nc(N)c2c(n1)CCOC2. The van der Waals surface area contributed by atoms with Gasteiger partial charge in [0.25, 0.3) is 0 Å². The average Bonchev–Trinajstić information content (AvgIpc) is 2.15. The molecule has 0 saturated heterocycles. The molecule has 2 N–H and O–H groups in total. The molecule has 16 heavy (non-hydrogen) atoms. The molecule has 0 unspecified atom stereocenters. The van der Waals surface area contributed by atoms with Gasteiger partial charge < -0.3 is 10.5 Å². The fourth-order valence-corrected chi connectivity index (χ4v) is 1.86. The quantitative estimate of drug-likeness (QED) is 0.784. The fourth-order valence-electron chi connectivity index (χ4n) is 1.86. The lowest BCUT2D eigenvalue weighted by molar-refractivity contribution is 0.109. The molecule has 0 saturated carbocycles. The van der Waals surface area contributed by atoms with E-state index in [-0.39, 0.29) is 5.41 Å². The molecule has 88 valence electrons. The van der Waals surface area contributed by atoms with E-state index in [0.29, 0.717) is 12.4 Å². The molecule has 0 atom stereocenters. The lowest BCUT2D eigenvalue weighted by Crippen LogP contribution is -2.19. The van der Waals surface area contributed by atoms with Crippen molar-refractivity contribution in [3.05, 3.63) is 17.1 Å². The van der Waals surface area contributed by atoms with Crippen molar-refractivity contribution in [2.45, 2.75) is 40.2 Å². The second kappa shape index (κ2) is 4.01. The summed E-state index contributed by atoms with van der Waals surface area (Å²) in [7, 11) is 0. The van der Waals surface area contributed by atoms with Crippen LogP contribution in [0.15, 0.2) is 0 Å². The Morgan fingerprint density at radius 1 is 1.31 bits per heavy atom. The lowest BCUT2D eigenvalue weighted by Gasteiger charge is -2.21. The summed E-state index contributed by atoms with van der Waals surface area (Å²) >= 11 is 0. The van der Waals surface area contributed by atoms with Crippen molar-refractivity contribution in [2.75, 3.05) is 12.3 Å². The topological polar surface area (TPSA) is 61.0 Å². The first-order valence-corrected chi connectivity index (χ1v) is 5.67. The smallest absolute Gasteiger partial charge is 0.132 e. The summed E-state index contributed by atoms with van der Waals surface area (Å²) in [6.45, 7) is 7.81. The first-order valence-electron chi connectivity index (χ1n) is 5.67. The normalized spacial score (nSPS) is 15.9. The zero-order chi connectivity index (χ0) is 11.8. The third-order valence-electron chi connectivity index (χ3n) is 2.59. The molecule has 4 nitrogen and oxygen atoms in total. The maximum Gasteiger partial charge on any atom is 0.132 e. The summed E-state index contributed by atoms with van der Waals surface area (Å²) in [6.07, 6.45) is 1.70. The highest BCUT2D eigenvalue weighted by atomic mass is 16.5. The van der Waals surface area contributed by atoms with Gasteiger partial charge in [0, 0.05) is 18.4 Å². The molecule has 0 amide bonds. The van der Waals surface area contributed by atoms with Crippen LogP contribution in [0.2, 0.25) is 0 Å². The van der Waals surface area contributed by atoms with Crippen LogP contribution in [-0.4, -0.2) is 16.6 Å². The van der Waals surface area contributed by atoms with Gasteiger partial charge in [-0.3, -0.25) is 0 Å². The van der Waals surface area contributed by atoms with Crippen molar-refractivity contribution in [3.8, 4) is 0 Å². The highest BCUT2D eigenvalue weighted by Crippen LogP contribution is 2.23. The van der Waals surface area contributed by atoms with Crippen molar-refractivity contribution in [1.29, 1.82) is 0 Å². The Hall–Kier alpha value is -1.16. The molecule has 0 fully saturated rings. The number of fused-ring (bicyclic) bond motifs is 1. The van der Waals surface area contributed by atoms with Crippen LogP contribution in [0, 0.1) is 5.41 Å². The van der Waals surface area contributed by atoms with Crippen molar-refractivity contribution < 1.29 is 4.74 Å². The van der Waals surface area contributed by atoms with Crippen molar-refractivity contribution in [2.24, 2.45) is 5.41 Å². The number of nitrogens with zero attached hydrogens (tertiary/aromatic N) is 2. The van der Waals surface area contributed by atoms with Crippen LogP contribution in [0.4, 0.5) is 5.82 Å². The third-order valence-corrected chi connectivity index (χ3v) is 2.59. The van der Waals surface area contributed by atoms with E-state index in [1.54, 1.807) is 0 Å². The zero-order valence-electron chi connectivity index (χ0n) is 10.2. The summed E-state index contributed by atoms with van der Waals surface area (Å²) < 4.78 is 5.36. The molecule has 2 heterocycles. The van der Waals surface area contributed by atoms with Gasteiger partial charge in [0.2, 0.25) is 0 Å². The van der Waals surface area contributed by atoms with Gasteiger partial charge in [-0.1, -0.05) is 20.8 Å². The van der Waals surface area contributed by atoms with E-state index in [1.807, 2.05) is 0 Å². The van der Waals surface area contributed by atoms with E-state index >= 15 is 0 Å². The van der Waals surface area contributed by atoms with Gasteiger partial charge in [-0.15, -0.1) is 0 Å². The van der Waals surface area contributed by atoms with Gasteiger partial charge in [-0.05, 0) is 5.41 Å². The predicted molar refractivity (Wildman–Crippen MR) is 63.0 cm³/mol. The molecular formula is C12H19N3O. The summed E-state index contributed by atoms with van der Waals surface area (Å²) in [5.41, 5.74) is 8.16. The molecule has 1 aromatic rings. The number of hydrogen-bond donors (Lipinski definition) is 1. The Bertz CT molecular complexity index is 396. The molecule has 1 aliphatic rings. The lowest BCUT2D eigenvalue weighted by atomic mass is 9.92. The number of hydrogen-bond acceptors (Lipinski definition) is 4. The Labute approximate surface area is 96.2 Å². The van der Waals surface area contributed by atoms with Crippen molar-refractivity contribution in [1.82, 2.24) is 9.97 Å². The molecule has 0 radical (unpaired) electrons. The van der Waals surface area contributed by atoms with Crippen LogP contribution in [0.3, 0.4) is 0 Å². The van der Waals surface area contributed by atoms with Crippen LogP contribution >= 0.6 is 0 Å². The van der Waals surface area contributed by atoms with Gasteiger partial charge in [0.05, 0.1) is 18.9 Å². The summed E-state index contributed by atoms with van der Waals surface area (Å²) in [5.74, 6) is 1.44. The summed E-state index contributed by atoms with van der Waals surface area (Å²) in [4.78, 5) is 8.95. The Kier molecular flexibility index (Phi) is 2.84. The van der Waals surface area contributed by atoms with E-state index in [1.165, 1.54) is 0 Å². The molecule has 2 rings (SSSR count). The largest absolute Gasteiger partial charge is 0.383 e. The molecule has 0 aliphatic carbocycles. The monoisotopic (exact) mass is 221 g/mol. The second-order valence-corrected chi connectivity index (χ2v) is 5.49. The van der Waals surface area contributed by atoms with Gasteiger partial charge in [-0.2, -0.15) is 0 Å². The summed E-state index contributed by atoms with van der Waals surface area (Å²) in [6, 6.07) is 0. The van der Waals surface area contributed by atoms with Crippen LogP contribution in [-0.2, 0) is 24.2 Å². The molecule has 4 heteroatoms. The minimum Gasteiger partial charge on any atom is -0.383 e. The molecule has 0 spiro atoms. The maximum atomic E-state index is 5.93. The number of anilines is 1. The van der Waals surface area contributed by atoms with Gasteiger partial charge in [-0.25, -0.2) is 9.97 Å². The van der Waals surface area contributed by atoms with Crippen LogP contribution in [0.5, 0.6) is 0 Å². The second-order valence-electron chi connectivity index (χ2n) is 5.49. The van der Waals surface area contributed by atoms with Crippen molar-refractivity contribution in [3.63, 3.8) is 0 Å². The number of rotatable bonds is 1. The van der Waals surface area contributed by atoms with E-state index < -0.39 is 0 Å². The highest BCUT2D eigenvalue weighted by molar-refractivity contribution is 5.42. The number of ether oxygens (including phenoxy) is 1. The standard InChI is InChI=1S/C12H19N3O/c1-12(2,3)6-10-14-9-4-5-16-7-8(9)11(13)15-10/h4-7H2,1-3H3,(H2,13,14,15). The number of nitrogens with two attached hydrogens (primary N) is 1. The molecule has 1 aromatic heterocycles. The number of aromatic nitrogens is 2. The molecule has 0 aromatic carbocycles. The fraction of sp³-hybridized carbons (Fsp3) is 0.667. The maximum absolute atomic E-state index is 5.93. The molecule has 0 bridgehead atoms. The van der Waals surface area contributed by atoms with Gasteiger partial charge in [0.15, 0.2) is 0 Å². The van der Waals surface area contributed by atoms with Gasteiger partial charge in [0.1, 0.15) is 11.6 Å². The minimum absolute atomic E-state index is 0.186. The van der Waals surface area contributed by atoms with Crippen LogP contribution < -0.4 is 5.73 Å². The van der Waals surface area contributed by atoms with Crippen LogP contribution in [0.1, 0.15) is 37.9 Å². The van der Waals surface area contributed by atoms with E-state index in [0.717, 1.165) is 36.5 Å². The Morgan fingerprint density at radius 3 is 2.75 bits per heavy atom. The number of nitrogen functional groups attached to an aromatic ring is 1. The van der Waals surface area contributed by atoms with Crippen molar-refractivity contribution >= 4 is 5.82 Å². The van der Waals surface area contributed by atoms with Crippen LogP contribution in [0.25, 0.3) is 0 Å². The first kappa shape index (κ1) is 11.3. The first-order chi connectivity index (χ1) is 7.46. The van der Waals surface area contributed by atoms with E-state index in [4.69, 9.17) is 10.5 Å². The average molecular weight is 221 g/mol.